The van der Waals surface area contributed by atoms with Gasteiger partial charge in [0.25, 0.3) is 0 Å². The maximum Gasteiger partial charge on any atom is 0.234 e. The van der Waals surface area contributed by atoms with Crippen LogP contribution in [0.25, 0.3) is 0 Å². The molecule has 27 heavy (non-hydrogen) atoms. The van der Waals surface area contributed by atoms with Crippen molar-refractivity contribution in [2.75, 3.05) is 11.1 Å². The van der Waals surface area contributed by atoms with Crippen LogP contribution in [0, 0.1) is 6.92 Å². The molecule has 3 aromatic rings. The van der Waals surface area contributed by atoms with Crippen molar-refractivity contribution < 1.29 is 4.79 Å². The van der Waals surface area contributed by atoms with Crippen molar-refractivity contribution in [3.63, 3.8) is 0 Å². The van der Waals surface area contributed by atoms with Crippen molar-refractivity contribution in [2.24, 2.45) is 0 Å². The first-order chi connectivity index (χ1) is 13.0. The van der Waals surface area contributed by atoms with Crippen LogP contribution in [-0.4, -0.2) is 21.6 Å². The Labute approximate surface area is 164 Å². The third-order valence-corrected chi connectivity index (χ3v) is 5.25. The van der Waals surface area contributed by atoms with Gasteiger partial charge < -0.3 is 10.3 Å². The maximum absolute atomic E-state index is 12.2. The summed E-state index contributed by atoms with van der Waals surface area (Å²) in [7, 11) is 0. The number of aromatic nitrogens is 2. The number of anilines is 1. The van der Waals surface area contributed by atoms with Gasteiger partial charge in [-0.05, 0) is 36.1 Å². The van der Waals surface area contributed by atoms with Crippen LogP contribution in [-0.2, 0) is 11.2 Å². The minimum atomic E-state index is -0.0315. The summed E-state index contributed by atoms with van der Waals surface area (Å²) >= 11 is 1.42. The number of rotatable bonds is 7. The number of aryl methyl sites for hydroxylation is 1. The highest BCUT2D eigenvalue weighted by atomic mass is 32.2. The van der Waals surface area contributed by atoms with Crippen molar-refractivity contribution in [3.05, 3.63) is 77.1 Å². The third-order valence-electron chi connectivity index (χ3n) is 4.38. The SMILES string of the molecule is Cc1[nH]c(SCC(=O)Nc2ccc(C(C)C)cc2)nc1Cc1ccccc1. The van der Waals surface area contributed by atoms with Gasteiger partial charge in [-0.3, -0.25) is 4.79 Å². The van der Waals surface area contributed by atoms with E-state index < -0.39 is 0 Å². The van der Waals surface area contributed by atoms with E-state index >= 15 is 0 Å². The van der Waals surface area contributed by atoms with Crippen molar-refractivity contribution >= 4 is 23.4 Å². The Morgan fingerprint density at radius 2 is 1.81 bits per heavy atom. The van der Waals surface area contributed by atoms with E-state index in [1.54, 1.807) is 0 Å². The number of imidazole rings is 1. The number of hydrogen-bond acceptors (Lipinski definition) is 3. The summed E-state index contributed by atoms with van der Waals surface area (Å²) in [6.45, 7) is 6.33. The number of nitrogens with one attached hydrogen (secondary N) is 2. The van der Waals surface area contributed by atoms with E-state index in [0.29, 0.717) is 11.7 Å². The monoisotopic (exact) mass is 379 g/mol. The van der Waals surface area contributed by atoms with Crippen LogP contribution in [0.1, 0.15) is 42.3 Å². The zero-order valence-electron chi connectivity index (χ0n) is 16.0. The van der Waals surface area contributed by atoms with Gasteiger partial charge in [0.05, 0.1) is 11.4 Å². The highest BCUT2D eigenvalue weighted by Gasteiger charge is 2.10. The number of carbonyl (C=O) groups is 1. The molecule has 2 aromatic carbocycles. The second-order valence-corrected chi connectivity index (χ2v) is 7.85. The first-order valence-corrected chi connectivity index (χ1v) is 10.1. The first kappa shape index (κ1) is 19.2. The molecule has 0 bridgehead atoms. The van der Waals surface area contributed by atoms with E-state index in [1.807, 2.05) is 37.3 Å². The number of carbonyl (C=O) groups excluding carboxylic acids is 1. The average Bonchev–Trinajstić information content (AvgIpc) is 3.01. The Balaban J connectivity index is 1.53. The summed E-state index contributed by atoms with van der Waals surface area (Å²) in [5.41, 5.74) is 5.38. The predicted octanol–water partition coefficient (Wildman–Crippen LogP) is 5.16. The maximum atomic E-state index is 12.2. The number of hydrogen-bond donors (Lipinski definition) is 2. The number of aromatic amines is 1. The molecule has 0 unspecified atom stereocenters. The number of thioether (sulfide) groups is 1. The molecular weight excluding hydrogens is 354 g/mol. The molecule has 1 aromatic heterocycles. The molecular formula is C22H25N3OS. The first-order valence-electron chi connectivity index (χ1n) is 9.13. The lowest BCUT2D eigenvalue weighted by atomic mass is 10.0. The van der Waals surface area contributed by atoms with E-state index in [9.17, 15) is 4.79 Å². The molecule has 2 N–H and O–H groups in total. The van der Waals surface area contributed by atoms with E-state index in [1.165, 1.54) is 22.9 Å². The van der Waals surface area contributed by atoms with Gasteiger partial charge in [0.1, 0.15) is 0 Å². The van der Waals surface area contributed by atoms with Gasteiger partial charge in [-0.15, -0.1) is 0 Å². The van der Waals surface area contributed by atoms with E-state index in [2.05, 4.69) is 53.4 Å². The van der Waals surface area contributed by atoms with Crippen LogP contribution >= 0.6 is 11.8 Å². The summed E-state index contributed by atoms with van der Waals surface area (Å²) in [5.74, 6) is 0.775. The van der Waals surface area contributed by atoms with Gasteiger partial charge in [-0.25, -0.2) is 4.98 Å². The van der Waals surface area contributed by atoms with Crippen LogP contribution < -0.4 is 5.32 Å². The molecule has 0 aliphatic rings. The number of amides is 1. The van der Waals surface area contributed by atoms with Crippen LogP contribution in [0.4, 0.5) is 5.69 Å². The molecule has 0 saturated heterocycles. The Morgan fingerprint density at radius 1 is 1.11 bits per heavy atom. The highest BCUT2D eigenvalue weighted by Crippen LogP contribution is 2.20. The molecule has 0 aliphatic heterocycles. The van der Waals surface area contributed by atoms with Crippen LogP contribution in [0.15, 0.2) is 59.8 Å². The summed E-state index contributed by atoms with van der Waals surface area (Å²) in [4.78, 5) is 20.1. The van der Waals surface area contributed by atoms with Crippen molar-refractivity contribution in [1.29, 1.82) is 0 Å². The van der Waals surface area contributed by atoms with Gasteiger partial charge in [0, 0.05) is 17.8 Å². The molecule has 140 valence electrons. The molecule has 0 spiro atoms. The average molecular weight is 380 g/mol. The largest absolute Gasteiger partial charge is 0.337 e. The zero-order valence-corrected chi connectivity index (χ0v) is 16.8. The number of nitrogens with zero attached hydrogens (tertiary/aromatic N) is 1. The van der Waals surface area contributed by atoms with Gasteiger partial charge in [0.2, 0.25) is 5.91 Å². The molecule has 5 heteroatoms. The molecule has 1 heterocycles. The Kier molecular flexibility index (Phi) is 6.35. The Bertz CT molecular complexity index is 886. The minimum absolute atomic E-state index is 0.0315. The lowest BCUT2D eigenvalue weighted by Gasteiger charge is -2.08. The second-order valence-electron chi connectivity index (χ2n) is 6.89. The minimum Gasteiger partial charge on any atom is -0.337 e. The van der Waals surface area contributed by atoms with Crippen LogP contribution in [0.2, 0.25) is 0 Å². The van der Waals surface area contributed by atoms with E-state index in [0.717, 1.165) is 28.7 Å². The van der Waals surface area contributed by atoms with Gasteiger partial charge in [0.15, 0.2) is 5.16 Å². The third kappa shape index (κ3) is 5.47. The summed E-state index contributed by atoms with van der Waals surface area (Å²) < 4.78 is 0. The molecule has 0 saturated carbocycles. The van der Waals surface area contributed by atoms with Crippen LogP contribution in [0.5, 0.6) is 0 Å². The van der Waals surface area contributed by atoms with E-state index in [4.69, 9.17) is 0 Å². The summed E-state index contributed by atoms with van der Waals surface area (Å²) in [6.07, 6.45) is 0.790. The van der Waals surface area contributed by atoms with Gasteiger partial charge in [-0.1, -0.05) is 68.1 Å². The van der Waals surface area contributed by atoms with Crippen molar-refractivity contribution in [2.45, 2.75) is 38.3 Å². The van der Waals surface area contributed by atoms with Crippen molar-refractivity contribution in [3.8, 4) is 0 Å². The second kappa shape index (κ2) is 8.91. The smallest absolute Gasteiger partial charge is 0.234 e. The molecule has 3 rings (SSSR count). The predicted molar refractivity (Wildman–Crippen MR) is 112 cm³/mol. The lowest BCUT2D eigenvalue weighted by molar-refractivity contribution is -0.113. The standard InChI is InChI=1S/C22H25N3OS/c1-15(2)18-9-11-19(12-10-18)24-21(26)14-27-22-23-16(3)20(25-22)13-17-7-5-4-6-8-17/h4-12,15H,13-14H2,1-3H3,(H,23,25)(H,24,26). The fourth-order valence-electron chi connectivity index (χ4n) is 2.78. The number of H-pyrrole nitrogens is 1. The molecule has 0 radical (unpaired) electrons. The summed E-state index contributed by atoms with van der Waals surface area (Å²) in [6, 6.07) is 18.3. The normalized spacial score (nSPS) is 11.0. The van der Waals surface area contributed by atoms with Crippen LogP contribution in [0.3, 0.4) is 0 Å². The number of benzene rings is 2. The molecule has 0 atom stereocenters. The fourth-order valence-corrected chi connectivity index (χ4v) is 3.52. The molecule has 4 nitrogen and oxygen atoms in total. The quantitative estimate of drug-likeness (QED) is 0.557. The summed E-state index contributed by atoms with van der Waals surface area (Å²) in [5, 5.41) is 3.72. The van der Waals surface area contributed by atoms with Gasteiger partial charge >= 0.3 is 0 Å². The molecule has 0 aliphatic carbocycles. The fraction of sp³-hybridized carbons (Fsp3) is 0.273. The molecule has 0 fully saturated rings. The van der Waals surface area contributed by atoms with Gasteiger partial charge in [-0.2, -0.15) is 0 Å². The zero-order chi connectivity index (χ0) is 19.2. The van der Waals surface area contributed by atoms with E-state index in [-0.39, 0.29) is 5.91 Å². The van der Waals surface area contributed by atoms with Crippen molar-refractivity contribution in [1.82, 2.24) is 9.97 Å². The molecule has 1 amide bonds. The highest BCUT2D eigenvalue weighted by molar-refractivity contribution is 7.99. The Hall–Kier alpha value is -2.53. The Morgan fingerprint density at radius 3 is 2.48 bits per heavy atom. The topological polar surface area (TPSA) is 57.8 Å². The lowest BCUT2D eigenvalue weighted by Crippen LogP contribution is -2.14.